The summed E-state index contributed by atoms with van der Waals surface area (Å²) in [6.07, 6.45) is 1.22. The molecule has 0 aliphatic carbocycles. The van der Waals surface area contributed by atoms with Gasteiger partial charge in [0, 0.05) is 0 Å². The molecule has 0 spiro atoms. The Labute approximate surface area is 58.9 Å². The zero-order valence-corrected chi connectivity index (χ0v) is 5.59. The smallest absolute Gasteiger partial charge is 0.346 e. The quantitative estimate of drug-likeness (QED) is 0.352. The molecule has 0 saturated carbocycles. The van der Waals surface area contributed by atoms with Gasteiger partial charge in [-0.15, -0.1) is 0 Å². The van der Waals surface area contributed by atoms with Crippen molar-refractivity contribution in [3.05, 3.63) is 23.8 Å². The molecule has 0 amide bonds. The van der Waals surface area contributed by atoms with Crippen LogP contribution in [0.3, 0.4) is 0 Å². The number of hydrogen-bond acceptors (Lipinski definition) is 2. The van der Waals surface area contributed by atoms with E-state index in [0.29, 0.717) is 5.57 Å². The van der Waals surface area contributed by atoms with Gasteiger partial charge < -0.3 is 5.11 Å². The Morgan fingerprint density at radius 2 is 2.30 bits per heavy atom. The lowest BCUT2D eigenvalue weighted by atomic mass is 10.2. The van der Waals surface area contributed by atoms with Gasteiger partial charge in [-0.3, -0.25) is 0 Å². The van der Waals surface area contributed by atoms with Crippen molar-refractivity contribution in [2.24, 2.45) is 0 Å². The van der Waals surface area contributed by atoms with Crippen LogP contribution in [-0.2, 0) is 4.79 Å². The number of aliphatic carboxylic acids is 1. The predicted molar refractivity (Wildman–Crippen MR) is 36.1 cm³/mol. The van der Waals surface area contributed by atoms with E-state index in [4.69, 9.17) is 10.4 Å². The van der Waals surface area contributed by atoms with Gasteiger partial charge in [-0.2, -0.15) is 5.26 Å². The van der Waals surface area contributed by atoms with Gasteiger partial charge in [-0.05, 0) is 13.0 Å². The summed E-state index contributed by atoms with van der Waals surface area (Å²) in [6.45, 7) is 5.06. The summed E-state index contributed by atoms with van der Waals surface area (Å²) in [5, 5.41) is 16.5. The van der Waals surface area contributed by atoms with Crippen LogP contribution in [0.25, 0.3) is 0 Å². The van der Waals surface area contributed by atoms with E-state index in [0.717, 1.165) is 0 Å². The topological polar surface area (TPSA) is 61.1 Å². The van der Waals surface area contributed by atoms with Crippen LogP contribution in [0.15, 0.2) is 23.8 Å². The van der Waals surface area contributed by atoms with Crippen LogP contribution in [0.1, 0.15) is 6.92 Å². The fraction of sp³-hybridized carbons (Fsp3) is 0.143. The second-order valence-corrected chi connectivity index (χ2v) is 1.82. The molecule has 0 aromatic carbocycles. The predicted octanol–water partition coefficient (Wildman–Crippen LogP) is 1.10. The van der Waals surface area contributed by atoms with Gasteiger partial charge in [-0.25, -0.2) is 4.79 Å². The van der Waals surface area contributed by atoms with Crippen molar-refractivity contribution >= 4 is 5.97 Å². The van der Waals surface area contributed by atoms with Crippen molar-refractivity contribution < 1.29 is 9.90 Å². The first-order valence-electron chi connectivity index (χ1n) is 2.58. The second-order valence-electron chi connectivity index (χ2n) is 1.82. The van der Waals surface area contributed by atoms with Crippen molar-refractivity contribution in [1.82, 2.24) is 0 Å². The zero-order chi connectivity index (χ0) is 8.15. The van der Waals surface area contributed by atoms with Gasteiger partial charge >= 0.3 is 5.97 Å². The molecule has 0 unspecified atom stereocenters. The maximum atomic E-state index is 10.1. The standard InChI is InChI=1S/C7H7NO2/c1-5(2)3-6(4-8)7(9)10/h3H,1H2,2H3,(H,9,10)/b6-3+. The number of nitriles is 1. The minimum absolute atomic E-state index is 0.285. The van der Waals surface area contributed by atoms with Crippen molar-refractivity contribution in [1.29, 1.82) is 5.26 Å². The van der Waals surface area contributed by atoms with Gasteiger partial charge in [0.15, 0.2) is 0 Å². The molecule has 0 rings (SSSR count). The summed E-state index contributed by atoms with van der Waals surface area (Å²) < 4.78 is 0. The Hall–Kier alpha value is -1.56. The number of nitrogens with zero attached hydrogens (tertiary/aromatic N) is 1. The molecule has 0 fully saturated rings. The Balaban J connectivity index is 4.55. The third kappa shape index (κ3) is 2.68. The van der Waals surface area contributed by atoms with Gasteiger partial charge in [0.25, 0.3) is 0 Å². The number of carboxylic acid groups (broad SMARTS) is 1. The van der Waals surface area contributed by atoms with Crippen LogP contribution >= 0.6 is 0 Å². The van der Waals surface area contributed by atoms with E-state index in [9.17, 15) is 4.79 Å². The molecular formula is C7H7NO2. The fourth-order valence-electron chi connectivity index (χ4n) is 0.388. The highest BCUT2D eigenvalue weighted by Gasteiger charge is 2.03. The van der Waals surface area contributed by atoms with Gasteiger partial charge in [0.2, 0.25) is 0 Å². The van der Waals surface area contributed by atoms with E-state index in [2.05, 4.69) is 6.58 Å². The molecule has 10 heavy (non-hydrogen) atoms. The summed E-state index contributed by atoms with van der Waals surface area (Å²) in [6, 6.07) is 1.53. The largest absolute Gasteiger partial charge is 0.477 e. The van der Waals surface area contributed by atoms with Crippen molar-refractivity contribution in [3.8, 4) is 6.07 Å². The fourth-order valence-corrected chi connectivity index (χ4v) is 0.388. The molecule has 3 heteroatoms. The Bertz CT molecular complexity index is 232. The van der Waals surface area contributed by atoms with E-state index in [-0.39, 0.29) is 5.57 Å². The van der Waals surface area contributed by atoms with Crippen LogP contribution in [-0.4, -0.2) is 11.1 Å². The molecule has 3 nitrogen and oxygen atoms in total. The molecule has 0 atom stereocenters. The average Bonchev–Trinajstić information content (AvgIpc) is 1.81. The van der Waals surface area contributed by atoms with E-state index in [1.54, 1.807) is 6.92 Å². The number of allylic oxidation sites excluding steroid dienone is 2. The molecule has 0 radical (unpaired) electrons. The first-order chi connectivity index (χ1) is 4.57. The zero-order valence-electron chi connectivity index (χ0n) is 5.59. The summed E-state index contributed by atoms with van der Waals surface area (Å²) in [5.74, 6) is -1.22. The summed E-state index contributed by atoms with van der Waals surface area (Å²) in [5.41, 5.74) is 0.270. The van der Waals surface area contributed by atoms with Crippen LogP contribution in [0.4, 0.5) is 0 Å². The number of carbonyl (C=O) groups is 1. The maximum absolute atomic E-state index is 10.1. The molecule has 0 aliphatic rings. The SMILES string of the molecule is C=C(C)/C=C(\C#N)C(=O)O. The normalized spacial score (nSPS) is 10.2. The first-order valence-corrected chi connectivity index (χ1v) is 2.58. The Kier molecular flexibility index (Phi) is 2.92. The molecule has 0 aromatic heterocycles. The van der Waals surface area contributed by atoms with E-state index < -0.39 is 5.97 Å². The highest BCUT2D eigenvalue weighted by Crippen LogP contribution is 1.97. The molecule has 0 heterocycles. The molecule has 0 aliphatic heterocycles. The van der Waals surface area contributed by atoms with E-state index in [1.165, 1.54) is 12.1 Å². The highest BCUT2D eigenvalue weighted by molar-refractivity contribution is 5.91. The number of carboxylic acids is 1. The molecule has 0 aromatic rings. The van der Waals surface area contributed by atoms with Crippen LogP contribution in [0.2, 0.25) is 0 Å². The molecule has 1 N–H and O–H groups in total. The van der Waals surface area contributed by atoms with E-state index in [1.807, 2.05) is 0 Å². The molecule has 0 saturated heterocycles. The Morgan fingerprint density at radius 1 is 1.80 bits per heavy atom. The van der Waals surface area contributed by atoms with Crippen LogP contribution in [0.5, 0.6) is 0 Å². The molecule has 0 bridgehead atoms. The summed E-state index contributed by atoms with van der Waals surface area (Å²) in [7, 11) is 0. The van der Waals surface area contributed by atoms with Gasteiger partial charge in [-0.1, -0.05) is 12.2 Å². The minimum atomic E-state index is -1.22. The lowest BCUT2D eigenvalue weighted by Gasteiger charge is -1.87. The molecular weight excluding hydrogens is 130 g/mol. The third-order valence-electron chi connectivity index (χ3n) is 0.742. The average molecular weight is 137 g/mol. The van der Waals surface area contributed by atoms with Crippen LogP contribution in [0, 0.1) is 11.3 Å². The van der Waals surface area contributed by atoms with E-state index >= 15 is 0 Å². The number of rotatable bonds is 2. The van der Waals surface area contributed by atoms with Crippen molar-refractivity contribution in [3.63, 3.8) is 0 Å². The van der Waals surface area contributed by atoms with Gasteiger partial charge in [0.1, 0.15) is 11.6 Å². The second kappa shape index (κ2) is 3.46. The monoisotopic (exact) mass is 137 g/mol. The lowest BCUT2D eigenvalue weighted by molar-refractivity contribution is -0.132. The Morgan fingerprint density at radius 3 is 2.40 bits per heavy atom. The van der Waals surface area contributed by atoms with Gasteiger partial charge in [0.05, 0.1) is 0 Å². The highest BCUT2D eigenvalue weighted by atomic mass is 16.4. The van der Waals surface area contributed by atoms with Crippen LogP contribution < -0.4 is 0 Å². The minimum Gasteiger partial charge on any atom is -0.477 e. The van der Waals surface area contributed by atoms with Crippen molar-refractivity contribution in [2.45, 2.75) is 6.92 Å². The summed E-state index contributed by atoms with van der Waals surface area (Å²) in [4.78, 5) is 10.1. The van der Waals surface area contributed by atoms with Crippen molar-refractivity contribution in [2.75, 3.05) is 0 Å². The summed E-state index contributed by atoms with van der Waals surface area (Å²) >= 11 is 0. The first kappa shape index (κ1) is 8.44. The lowest BCUT2D eigenvalue weighted by Crippen LogP contribution is -1.97. The third-order valence-corrected chi connectivity index (χ3v) is 0.742. The maximum Gasteiger partial charge on any atom is 0.346 e. The number of hydrogen-bond donors (Lipinski definition) is 1. The molecule has 52 valence electrons.